The van der Waals surface area contributed by atoms with Gasteiger partial charge < -0.3 is 9.84 Å². The first-order valence-electron chi connectivity index (χ1n) is 6.67. The van der Waals surface area contributed by atoms with Gasteiger partial charge in [0.2, 0.25) is 0 Å². The Morgan fingerprint density at radius 3 is 2.43 bits per heavy atom. The second-order valence-electron chi connectivity index (χ2n) is 4.97. The monoisotopic (exact) mass is 288 g/mol. The normalized spacial score (nSPS) is 12.0. The lowest BCUT2D eigenvalue weighted by Gasteiger charge is -2.11. The van der Waals surface area contributed by atoms with Crippen LogP contribution < -0.4 is 4.74 Å². The molecule has 0 spiro atoms. The van der Waals surface area contributed by atoms with Crippen molar-refractivity contribution in [1.29, 1.82) is 0 Å². The average Bonchev–Trinajstić information content (AvgIpc) is 2.46. The predicted octanol–water partition coefficient (Wildman–Crippen LogP) is 4.08. The van der Waals surface area contributed by atoms with Crippen LogP contribution in [0.2, 0.25) is 0 Å². The fourth-order valence-electron chi connectivity index (χ4n) is 2.23. The number of hydrogen-bond acceptors (Lipinski definition) is 2. The van der Waals surface area contributed by atoms with Crippen molar-refractivity contribution in [3.05, 3.63) is 53.8 Å². The van der Waals surface area contributed by atoms with Crippen LogP contribution in [0.4, 0.5) is 4.39 Å². The number of halogens is 1. The van der Waals surface area contributed by atoms with Gasteiger partial charge in [-0.05, 0) is 29.2 Å². The molecule has 0 saturated heterocycles. The van der Waals surface area contributed by atoms with E-state index in [-0.39, 0.29) is 18.2 Å². The molecule has 4 heteroatoms. The second kappa shape index (κ2) is 6.39. The summed E-state index contributed by atoms with van der Waals surface area (Å²) < 4.78 is 19.0. The molecule has 0 aliphatic rings. The highest BCUT2D eigenvalue weighted by atomic mass is 19.1. The van der Waals surface area contributed by atoms with Crippen LogP contribution in [-0.4, -0.2) is 18.2 Å². The molecule has 2 aromatic rings. The lowest BCUT2D eigenvalue weighted by Crippen LogP contribution is -2.02. The van der Waals surface area contributed by atoms with Crippen LogP contribution in [0.3, 0.4) is 0 Å². The zero-order chi connectivity index (χ0) is 15.4. The van der Waals surface area contributed by atoms with E-state index in [2.05, 4.69) is 0 Å². The molecule has 0 heterocycles. The van der Waals surface area contributed by atoms with E-state index >= 15 is 0 Å². The molecule has 1 N–H and O–H groups in total. The molecule has 1 unspecified atom stereocenters. The molecule has 0 radical (unpaired) electrons. The Kier molecular flexibility index (Phi) is 4.58. The summed E-state index contributed by atoms with van der Waals surface area (Å²) in [6, 6.07) is 12.0. The topological polar surface area (TPSA) is 46.5 Å². The Bertz CT molecular complexity index is 635. The van der Waals surface area contributed by atoms with Crippen LogP contribution in [-0.2, 0) is 4.79 Å². The highest BCUT2D eigenvalue weighted by Crippen LogP contribution is 2.28. The van der Waals surface area contributed by atoms with E-state index in [1.807, 2.05) is 19.1 Å². The largest absolute Gasteiger partial charge is 0.497 e. The molecular formula is C17H17FO3. The second-order valence-corrected chi connectivity index (χ2v) is 4.97. The number of rotatable bonds is 5. The highest BCUT2D eigenvalue weighted by Gasteiger charge is 2.11. The van der Waals surface area contributed by atoms with E-state index in [0.29, 0.717) is 11.3 Å². The van der Waals surface area contributed by atoms with Gasteiger partial charge in [0.1, 0.15) is 11.6 Å². The Labute approximate surface area is 123 Å². The molecule has 0 bridgehead atoms. The van der Waals surface area contributed by atoms with Crippen molar-refractivity contribution in [3.8, 4) is 16.9 Å². The molecule has 0 fully saturated rings. The van der Waals surface area contributed by atoms with E-state index in [0.717, 1.165) is 11.1 Å². The molecule has 0 aromatic heterocycles. The van der Waals surface area contributed by atoms with E-state index in [1.54, 1.807) is 24.3 Å². The molecule has 0 saturated carbocycles. The molecule has 2 rings (SSSR count). The molecule has 110 valence electrons. The van der Waals surface area contributed by atoms with Crippen molar-refractivity contribution in [2.24, 2.45) is 0 Å². The minimum absolute atomic E-state index is 0.0720. The summed E-state index contributed by atoms with van der Waals surface area (Å²) in [5.74, 6) is -0.770. The minimum Gasteiger partial charge on any atom is -0.497 e. The first-order chi connectivity index (χ1) is 10.0. The van der Waals surface area contributed by atoms with E-state index in [1.165, 1.54) is 13.2 Å². The highest BCUT2D eigenvalue weighted by molar-refractivity contribution is 5.68. The van der Waals surface area contributed by atoms with Crippen molar-refractivity contribution in [3.63, 3.8) is 0 Å². The molecule has 2 aromatic carbocycles. The maximum atomic E-state index is 14.0. The number of carboxylic acid groups (broad SMARTS) is 1. The van der Waals surface area contributed by atoms with Gasteiger partial charge in [0.05, 0.1) is 13.5 Å². The molecule has 3 nitrogen and oxygen atoms in total. The van der Waals surface area contributed by atoms with Gasteiger partial charge in [-0.25, -0.2) is 4.39 Å². The van der Waals surface area contributed by atoms with Crippen molar-refractivity contribution >= 4 is 5.97 Å². The van der Waals surface area contributed by atoms with Crippen LogP contribution in [0.25, 0.3) is 11.1 Å². The van der Waals surface area contributed by atoms with Crippen LogP contribution in [0, 0.1) is 5.82 Å². The van der Waals surface area contributed by atoms with Gasteiger partial charge in [-0.3, -0.25) is 4.79 Å². The van der Waals surface area contributed by atoms with Gasteiger partial charge in [0, 0.05) is 11.6 Å². The smallest absolute Gasteiger partial charge is 0.303 e. The van der Waals surface area contributed by atoms with Crippen molar-refractivity contribution in [2.75, 3.05) is 7.11 Å². The zero-order valence-corrected chi connectivity index (χ0v) is 12.0. The van der Waals surface area contributed by atoms with E-state index < -0.39 is 5.97 Å². The Hall–Kier alpha value is -2.36. The Balaban J connectivity index is 2.24. The standard InChI is InChI=1S/C17H17FO3/c1-11(9-17(19)20)12-3-5-13(6-4-12)15-8-7-14(21-2)10-16(15)18/h3-8,10-11H,9H2,1-2H3,(H,19,20). The lowest BCUT2D eigenvalue weighted by atomic mass is 9.95. The van der Waals surface area contributed by atoms with Crippen LogP contribution >= 0.6 is 0 Å². The fourth-order valence-corrected chi connectivity index (χ4v) is 2.23. The summed E-state index contributed by atoms with van der Waals surface area (Å²) in [5, 5.41) is 8.80. The third-order valence-corrected chi connectivity index (χ3v) is 3.45. The molecule has 0 aliphatic heterocycles. The Morgan fingerprint density at radius 1 is 1.24 bits per heavy atom. The summed E-state index contributed by atoms with van der Waals surface area (Å²) in [6.45, 7) is 1.86. The Morgan fingerprint density at radius 2 is 1.90 bits per heavy atom. The number of benzene rings is 2. The lowest BCUT2D eigenvalue weighted by molar-refractivity contribution is -0.137. The first kappa shape index (κ1) is 15.0. The summed E-state index contributed by atoms with van der Waals surface area (Å²) in [7, 11) is 1.49. The zero-order valence-electron chi connectivity index (χ0n) is 12.0. The number of carboxylic acids is 1. The third-order valence-electron chi connectivity index (χ3n) is 3.45. The van der Waals surface area contributed by atoms with Crippen LogP contribution in [0.1, 0.15) is 24.8 Å². The van der Waals surface area contributed by atoms with Crippen molar-refractivity contribution in [2.45, 2.75) is 19.3 Å². The average molecular weight is 288 g/mol. The number of methoxy groups -OCH3 is 1. The van der Waals surface area contributed by atoms with Gasteiger partial charge in [0.15, 0.2) is 0 Å². The summed E-state index contributed by atoms with van der Waals surface area (Å²) in [4.78, 5) is 10.7. The number of ether oxygens (including phenoxy) is 1. The van der Waals surface area contributed by atoms with Gasteiger partial charge in [-0.2, -0.15) is 0 Å². The summed E-state index contributed by atoms with van der Waals surface area (Å²) in [6.07, 6.45) is 0.0796. The quantitative estimate of drug-likeness (QED) is 0.901. The maximum Gasteiger partial charge on any atom is 0.303 e. The molecule has 21 heavy (non-hydrogen) atoms. The number of aliphatic carboxylic acids is 1. The molecular weight excluding hydrogens is 271 g/mol. The van der Waals surface area contributed by atoms with Crippen molar-refractivity contribution < 1.29 is 19.0 Å². The molecule has 0 aliphatic carbocycles. The first-order valence-corrected chi connectivity index (χ1v) is 6.67. The number of carbonyl (C=O) groups is 1. The summed E-state index contributed by atoms with van der Waals surface area (Å²) >= 11 is 0. The van der Waals surface area contributed by atoms with Crippen molar-refractivity contribution in [1.82, 2.24) is 0 Å². The maximum absolute atomic E-state index is 14.0. The van der Waals surface area contributed by atoms with E-state index in [9.17, 15) is 9.18 Å². The van der Waals surface area contributed by atoms with Crippen LogP contribution in [0.5, 0.6) is 5.75 Å². The number of hydrogen-bond donors (Lipinski definition) is 1. The van der Waals surface area contributed by atoms with Gasteiger partial charge in [-0.15, -0.1) is 0 Å². The molecule has 0 amide bonds. The third kappa shape index (κ3) is 3.60. The fraction of sp³-hybridized carbons (Fsp3) is 0.235. The van der Waals surface area contributed by atoms with E-state index in [4.69, 9.17) is 9.84 Å². The SMILES string of the molecule is COc1ccc(-c2ccc(C(C)CC(=O)O)cc2)c(F)c1. The van der Waals surface area contributed by atoms with Gasteiger partial charge in [-0.1, -0.05) is 31.2 Å². The van der Waals surface area contributed by atoms with Gasteiger partial charge >= 0.3 is 5.97 Å². The molecule has 1 atom stereocenters. The van der Waals surface area contributed by atoms with Crippen LogP contribution in [0.15, 0.2) is 42.5 Å². The summed E-state index contributed by atoms with van der Waals surface area (Å²) in [5.41, 5.74) is 2.17. The predicted molar refractivity (Wildman–Crippen MR) is 79.1 cm³/mol. The minimum atomic E-state index is -0.826. The van der Waals surface area contributed by atoms with Gasteiger partial charge in [0.25, 0.3) is 0 Å².